The van der Waals surface area contributed by atoms with E-state index in [0.29, 0.717) is 24.7 Å². The van der Waals surface area contributed by atoms with Crippen LogP contribution in [0.25, 0.3) is 0 Å². The molecule has 1 aromatic carbocycles. The zero-order valence-electron chi connectivity index (χ0n) is 11.5. The van der Waals surface area contributed by atoms with Gasteiger partial charge < -0.3 is 24.2 Å². The van der Waals surface area contributed by atoms with E-state index in [1.807, 2.05) is 12.1 Å². The molecule has 0 aromatic heterocycles. The summed E-state index contributed by atoms with van der Waals surface area (Å²) >= 11 is 0. The lowest BCUT2D eigenvalue weighted by Crippen LogP contribution is -3.12. The maximum absolute atomic E-state index is 9.93. The fourth-order valence-electron chi connectivity index (χ4n) is 2.09. The molecule has 106 valence electrons. The van der Waals surface area contributed by atoms with Crippen LogP contribution in [0, 0.1) is 0 Å². The van der Waals surface area contributed by atoms with Crippen molar-refractivity contribution in [2.75, 3.05) is 33.0 Å². The van der Waals surface area contributed by atoms with Crippen molar-refractivity contribution >= 4 is 0 Å². The number of likely N-dealkylation sites (N-methyl/N-ethyl adjacent to an activating group) is 1. The van der Waals surface area contributed by atoms with Crippen LogP contribution in [0.2, 0.25) is 0 Å². The molecule has 1 heterocycles. The van der Waals surface area contributed by atoms with Crippen LogP contribution in [0.4, 0.5) is 0 Å². The van der Waals surface area contributed by atoms with Crippen molar-refractivity contribution in [2.24, 2.45) is 0 Å². The van der Waals surface area contributed by atoms with E-state index in [9.17, 15) is 5.11 Å². The third-order valence-corrected chi connectivity index (χ3v) is 3.31. The van der Waals surface area contributed by atoms with Gasteiger partial charge in [-0.25, -0.2) is 0 Å². The van der Waals surface area contributed by atoms with E-state index in [1.165, 1.54) is 4.90 Å². The van der Waals surface area contributed by atoms with Crippen LogP contribution in [0.1, 0.15) is 13.8 Å². The minimum atomic E-state index is -0.458. The van der Waals surface area contributed by atoms with Crippen LogP contribution in [-0.2, 0) is 0 Å². The molecule has 5 heteroatoms. The molecule has 0 aliphatic carbocycles. The maximum Gasteiger partial charge on any atom is 0.231 e. The van der Waals surface area contributed by atoms with Gasteiger partial charge in [0.15, 0.2) is 11.5 Å². The average Bonchev–Trinajstić information content (AvgIpc) is 2.89. The van der Waals surface area contributed by atoms with E-state index < -0.39 is 6.10 Å². The van der Waals surface area contributed by atoms with Gasteiger partial charge in [-0.05, 0) is 26.0 Å². The number of hydrogen-bond acceptors (Lipinski definition) is 4. The molecule has 0 amide bonds. The molecule has 0 bridgehead atoms. The van der Waals surface area contributed by atoms with Crippen molar-refractivity contribution in [1.82, 2.24) is 0 Å². The van der Waals surface area contributed by atoms with Gasteiger partial charge in [0.05, 0.1) is 13.1 Å². The summed E-state index contributed by atoms with van der Waals surface area (Å²) in [5.41, 5.74) is 0. The SMILES string of the molecule is CC[NH+](CC)C[C@H](O)COc1ccc2c(c1)OCO2. The second kappa shape index (κ2) is 6.63. The van der Waals surface area contributed by atoms with Crippen molar-refractivity contribution in [3.63, 3.8) is 0 Å². The van der Waals surface area contributed by atoms with Crippen LogP contribution < -0.4 is 19.1 Å². The maximum atomic E-state index is 9.93. The van der Waals surface area contributed by atoms with E-state index in [2.05, 4.69) is 13.8 Å². The highest BCUT2D eigenvalue weighted by molar-refractivity contribution is 5.46. The normalized spacial score (nSPS) is 14.7. The van der Waals surface area contributed by atoms with Gasteiger partial charge in [-0.1, -0.05) is 0 Å². The first-order chi connectivity index (χ1) is 9.22. The third-order valence-electron chi connectivity index (χ3n) is 3.31. The average molecular weight is 268 g/mol. The van der Waals surface area contributed by atoms with Gasteiger partial charge in [-0.3, -0.25) is 0 Å². The van der Waals surface area contributed by atoms with Gasteiger partial charge in [0.25, 0.3) is 0 Å². The molecule has 5 nitrogen and oxygen atoms in total. The third kappa shape index (κ3) is 3.75. The number of aliphatic hydroxyl groups excluding tert-OH is 1. The predicted molar refractivity (Wildman–Crippen MR) is 71.0 cm³/mol. The largest absolute Gasteiger partial charge is 0.491 e. The Balaban J connectivity index is 1.81. The molecular formula is C14H22NO4+. The van der Waals surface area contributed by atoms with Gasteiger partial charge >= 0.3 is 0 Å². The van der Waals surface area contributed by atoms with Gasteiger partial charge in [-0.15, -0.1) is 0 Å². The molecular weight excluding hydrogens is 246 g/mol. The zero-order chi connectivity index (χ0) is 13.7. The molecule has 0 spiro atoms. The van der Waals surface area contributed by atoms with Gasteiger partial charge in [0.1, 0.15) is 25.0 Å². The minimum absolute atomic E-state index is 0.257. The van der Waals surface area contributed by atoms with Gasteiger partial charge in [0, 0.05) is 6.07 Å². The van der Waals surface area contributed by atoms with Crippen molar-refractivity contribution in [1.29, 1.82) is 0 Å². The number of fused-ring (bicyclic) bond motifs is 1. The van der Waals surface area contributed by atoms with Crippen LogP contribution in [-0.4, -0.2) is 44.2 Å². The van der Waals surface area contributed by atoms with E-state index in [1.54, 1.807) is 6.07 Å². The summed E-state index contributed by atoms with van der Waals surface area (Å²) in [5.74, 6) is 2.12. The number of quaternary nitrogens is 1. The smallest absolute Gasteiger partial charge is 0.231 e. The first-order valence-electron chi connectivity index (χ1n) is 6.77. The standard InChI is InChI=1S/C14H21NO4/c1-3-15(4-2)8-11(16)9-17-12-5-6-13-14(7-12)19-10-18-13/h5-7,11,16H,3-4,8-10H2,1-2H3/p+1/t11-/m0/s1. The van der Waals surface area contributed by atoms with Crippen molar-refractivity contribution in [3.8, 4) is 17.2 Å². The molecule has 2 rings (SSSR count). The number of ether oxygens (including phenoxy) is 3. The highest BCUT2D eigenvalue weighted by Crippen LogP contribution is 2.34. The molecule has 1 aliphatic heterocycles. The minimum Gasteiger partial charge on any atom is -0.491 e. The number of nitrogens with one attached hydrogen (secondary N) is 1. The zero-order valence-corrected chi connectivity index (χ0v) is 11.5. The summed E-state index contributed by atoms with van der Waals surface area (Å²) in [4.78, 5) is 1.36. The molecule has 0 saturated carbocycles. The Hall–Kier alpha value is -1.46. The van der Waals surface area contributed by atoms with Crippen LogP contribution in [0.5, 0.6) is 17.2 Å². The Labute approximate surface area is 113 Å². The fraction of sp³-hybridized carbons (Fsp3) is 0.571. The number of benzene rings is 1. The highest BCUT2D eigenvalue weighted by atomic mass is 16.7. The summed E-state index contributed by atoms with van der Waals surface area (Å²) in [6, 6.07) is 5.43. The Bertz CT molecular complexity index is 406. The second-order valence-electron chi connectivity index (χ2n) is 4.64. The first-order valence-corrected chi connectivity index (χ1v) is 6.77. The van der Waals surface area contributed by atoms with Crippen molar-refractivity contribution < 1.29 is 24.2 Å². The fourth-order valence-corrected chi connectivity index (χ4v) is 2.09. The second-order valence-corrected chi connectivity index (χ2v) is 4.64. The van der Waals surface area contributed by atoms with E-state index >= 15 is 0 Å². The molecule has 0 unspecified atom stereocenters. The summed E-state index contributed by atoms with van der Waals surface area (Å²) in [7, 11) is 0. The predicted octanol–water partition coefficient (Wildman–Crippen LogP) is 0.0797. The molecule has 19 heavy (non-hydrogen) atoms. The Morgan fingerprint density at radius 2 is 2.00 bits per heavy atom. The Morgan fingerprint density at radius 3 is 2.74 bits per heavy atom. The number of hydrogen-bond donors (Lipinski definition) is 2. The van der Waals surface area contributed by atoms with E-state index in [-0.39, 0.29) is 6.79 Å². The Morgan fingerprint density at radius 1 is 1.26 bits per heavy atom. The van der Waals surface area contributed by atoms with Crippen LogP contribution in [0.15, 0.2) is 18.2 Å². The van der Waals surface area contributed by atoms with Crippen LogP contribution in [0.3, 0.4) is 0 Å². The quantitative estimate of drug-likeness (QED) is 0.735. The van der Waals surface area contributed by atoms with Crippen molar-refractivity contribution in [3.05, 3.63) is 18.2 Å². The molecule has 1 aromatic rings. The first kappa shape index (κ1) is 14.0. The molecule has 1 atom stereocenters. The molecule has 0 fully saturated rings. The topological polar surface area (TPSA) is 52.4 Å². The molecule has 2 N–H and O–H groups in total. The van der Waals surface area contributed by atoms with Gasteiger partial charge in [-0.2, -0.15) is 0 Å². The van der Waals surface area contributed by atoms with E-state index in [4.69, 9.17) is 14.2 Å². The lowest BCUT2D eigenvalue weighted by molar-refractivity contribution is -0.899. The molecule has 0 radical (unpaired) electrons. The Kier molecular flexibility index (Phi) is 4.87. The highest BCUT2D eigenvalue weighted by Gasteiger charge is 2.16. The molecule has 0 saturated heterocycles. The number of rotatable bonds is 7. The van der Waals surface area contributed by atoms with Gasteiger partial charge in [0.2, 0.25) is 6.79 Å². The summed E-state index contributed by atoms with van der Waals surface area (Å²) in [5, 5.41) is 9.93. The summed E-state index contributed by atoms with van der Waals surface area (Å²) in [6.45, 7) is 7.51. The summed E-state index contributed by atoms with van der Waals surface area (Å²) < 4.78 is 16.1. The molecule has 1 aliphatic rings. The lowest BCUT2D eigenvalue weighted by Gasteiger charge is -2.19. The summed E-state index contributed by atoms with van der Waals surface area (Å²) in [6.07, 6.45) is -0.458. The monoisotopic (exact) mass is 268 g/mol. The number of aliphatic hydroxyl groups is 1. The lowest BCUT2D eigenvalue weighted by atomic mass is 10.3. The van der Waals surface area contributed by atoms with E-state index in [0.717, 1.165) is 18.8 Å². The van der Waals surface area contributed by atoms with Crippen molar-refractivity contribution in [2.45, 2.75) is 20.0 Å². The van der Waals surface area contributed by atoms with Crippen LogP contribution >= 0.6 is 0 Å².